The first kappa shape index (κ1) is 68.9. The first-order valence-electron chi connectivity index (χ1n) is 28.8. The molecule has 0 heterocycles. The molecule has 0 aliphatic carbocycles. The lowest BCUT2D eigenvalue weighted by atomic mass is 10.1. The second-order valence-corrected chi connectivity index (χ2v) is 20.5. The summed E-state index contributed by atoms with van der Waals surface area (Å²) in [6, 6.07) is 0. The highest BCUT2D eigenvalue weighted by atomic mass is 31.2. The van der Waals surface area contributed by atoms with Gasteiger partial charge < -0.3 is 24.2 Å². The van der Waals surface area contributed by atoms with E-state index in [0.29, 0.717) is 19.3 Å². The monoisotopic (exact) mass is 1030 g/mol. The molecule has 0 rings (SSSR count). The van der Waals surface area contributed by atoms with Crippen molar-refractivity contribution in [2.24, 2.45) is 0 Å². The molecule has 0 aromatic rings. The van der Waals surface area contributed by atoms with Crippen LogP contribution in [0.2, 0.25) is 0 Å². The number of aliphatic hydroxyl groups excluding tert-OH is 1. The van der Waals surface area contributed by atoms with Gasteiger partial charge in [0, 0.05) is 19.3 Å². The zero-order valence-electron chi connectivity index (χ0n) is 45.9. The quantitative estimate of drug-likeness (QED) is 0.0197. The normalized spacial score (nSPS) is 13.9. The molecule has 3 atom stereocenters. The first-order valence-corrected chi connectivity index (χ1v) is 30.3. The second-order valence-electron chi connectivity index (χ2n) is 19.1. The smallest absolute Gasteiger partial charge is 0.462 e. The van der Waals surface area contributed by atoms with Crippen molar-refractivity contribution in [1.29, 1.82) is 0 Å². The van der Waals surface area contributed by atoms with Crippen LogP contribution in [0.3, 0.4) is 0 Å². The molecule has 11 nitrogen and oxygen atoms in total. The van der Waals surface area contributed by atoms with Crippen LogP contribution in [0.4, 0.5) is 0 Å². The van der Waals surface area contributed by atoms with E-state index in [-0.39, 0.29) is 25.9 Å². The van der Waals surface area contributed by atoms with Crippen LogP contribution in [0, 0.1) is 0 Å². The summed E-state index contributed by atoms with van der Waals surface area (Å²) >= 11 is 0. The molecule has 0 radical (unpaired) electrons. The van der Waals surface area contributed by atoms with Crippen LogP contribution < -0.4 is 0 Å². The van der Waals surface area contributed by atoms with Gasteiger partial charge in [0.15, 0.2) is 6.10 Å². The third kappa shape index (κ3) is 51.8. The van der Waals surface area contributed by atoms with Gasteiger partial charge in [0.05, 0.1) is 19.8 Å². The standard InChI is InChI=1S/C60H105O11P/c1-4-7-10-13-16-19-22-24-26-27-28-29-31-32-35-37-40-43-46-49-58(62)67-53-57(71-60(64)51-48-45-42-39-36-33-30-25-23-20-17-14-11-8-5-2)55-69-72(65,66)68-54-56(52-61)70-59(63)50-47-44-41-38-34-21-18-15-12-9-6-3/h8,11,15,17-18,20,24-26,30,36,39,56-57,61H,4-7,9-10,12-14,16,19,21-23,27-29,31-35,37-38,40-55H2,1-3H3,(H,65,66)/b11-8-,18-15-,20-17-,26-24-,30-25-,39-36-. The van der Waals surface area contributed by atoms with Gasteiger partial charge >= 0.3 is 25.7 Å². The molecule has 0 saturated carbocycles. The van der Waals surface area contributed by atoms with Crippen molar-refractivity contribution < 1.29 is 52.2 Å². The number of carbonyl (C=O) groups is 3. The van der Waals surface area contributed by atoms with E-state index in [1.165, 1.54) is 96.3 Å². The van der Waals surface area contributed by atoms with Crippen LogP contribution >= 0.6 is 7.82 Å². The highest BCUT2D eigenvalue weighted by Gasteiger charge is 2.28. The van der Waals surface area contributed by atoms with E-state index in [1.54, 1.807) is 0 Å². The maximum Gasteiger partial charge on any atom is 0.472 e. The Labute approximate surface area is 439 Å². The molecule has 12 heteroatoms. The van der Waals surface area contributed by atoms with Gasteiger partial charge in [-0.15, -0.1) is 0 Å². The van der Waals surface area contributed by atoms with Crippen LogP contribution in [0.5, 0.6) is 0 Å². The van der Waals surface area contributed by atoms with E-state index in [4.69, 9.17) is 23.3 Å². The van der Waals surface area contributed by atoms with Gasteiger partial charge in [-0.2, -0.15) is 0 Å². The molecule has 2 N–H and O–H groups in total. The summed E-state index contributed by atoms with van der Waals surface area (Å²) in [4.78, 5) is 48.5. The molecule has 416 valence electrons. The predicted molar refractivity (Wildman–Crippen MR) is 298 cm³/mol. The molecule has 0 saturated heterocycles. The number of hydrogen-bond donors (Lipinski definition) is 2. The van der Waals surface area contributed by atoms with Gasteiger partial charge in [0.2, 0.25) is 0 Å². The molecular formula is C60H105O11P. The number of ether oxygens (including phenoxy) is 3. The Kier molecular flexibility index (Phi) is 51.9. The van der Waals surface area contributed by atoms with Crippen LogP contribution in [0.15, 0.2) is 72.9 Å². The summed E-state index contributed by atoms with van der Waals surface area (Å²) in [5.41, 5.74) is 0. The lowest BCUT2D eigenvalue weighted by Crippen LogP contribution is -2.30. The topological polar surface area (TPSA) is 155 Å². The fourth-order valence-electron chi connectivity index (χ4n) is 7.68. The average molecular weight is 1030 g/mol. The Morgan fingerprint density at radius 3 is 1.19 bits per heavy atom. The van der Waals surface area contributed by atoms with E-state index < -0.39 is 57.8 Å². The molecule has 3 unspecified atom stereocenters. The van der Waals surface area contributed by atoms with Crippen molar-refractivity contribution in [2.75, 3.05) is 26.4 Å². The molecule has 0 aliphatic rings. The third-order valence-corrected chi connectivity index (χ3v) is 13.0. The van der Waals surface area contributed by atoms with Crippen LogP contribution in [-0.4, -0.2) is 66.5 Å². The second kappa shape index (κ2) is 54.2. The van der Waals surface area contributed by atoms with Crippen LogP contribution in [-0.2, 0) is 42.2 Å². The molecule has 0 aromatic carbocycles. The number of allylic oxidation sites excluding steroid dienone is 12. The van der Waals surface area contributed by atoms with Crippen molar-refractivity contribution in [2.45, 2.75) is 264 Å². The number of phosphoric ester groups is 1. The number of unbranched alkanes of at least 4 members (excludes halogenated alkanes) is 24. The minimum atomic E-state index is -4.76. The van der Waals surface area contributed by atoms with E-state index in [0.717, 1.165) is 96.3 Å². The lowest BCUT2D eigenvalue weighted by Gasteiger charge is -2.21. The summed E-state index contributed by atoms with van der Waals surface area (Å²) in [6.07, 6.45) is 60.2. The minimum Gasteiger partial charge on any atom is -0.462 e. The molecule has 0 spiro atoms. The highest BCUT2D eigenvalue weighted by molar-refractivity contribution is 7.47. The molecular weight excluding hydrogens is 928 g/mol. The van der Waals surface area contributed by atoms with Gasteiger partial charge in [0.1, 0.15) is 12.7 Å². The third-order valence-electron chi connectivity index (χ3n) is 12.1. The van der Waals surface area contributed by atoms with E-state index >= 15 is 0 Å². The SMILES string of the molecule is CC/C=C\C/C=C\C/C=C\C/C=C\CCCCC(=O)OC(COC(=O)CCCCCCCCCCC/C=C\CCCCCCCC)COP(=O)(O)OCC(CO)OC(=O)CCCCCCC/C=C\CCCC. The number of rotatable bonds is 53. The zero-order valence-corrected chi connectivity index (χ0v) is 46.8. The van der Waals surface area contributed by atoms with Gasteiger partial charge in [0.25, 0.3) is 0 Å². The summed E-state index contributed by atoms with van der Waals surface area (Å²) in [5.74, 6) is -1.52. The molecule has 0 bridgehead atoms. The van der Waals surface area contributed by atoms with Gasteiger partial charge in [-0.1, -0.05) is 203 Å². The Morgan fingerprint density at radius 2 is 0.736 bits per heavy atom. The van der Waals surface area contributed by atoms with E-state index in [2.05, 4.69) is 93.7 Å². The number of esters is 3. The largest absolute Gasteiger partial charge is 0.472 e. The van der Waals surface area contributed by atoms with Gasteiger partial charge in [-0.3, -0.25) is 23.4 Å². The predicted octanol–water partition coefficient (Wildman–Crippen LogP) is 16.9. The average Bonchev–Trinajstić information content (AvgIpc) is 3.37. The Bertz CT molecular complexity index is 1490. The van der Waals surface area contributed by atoms with Crippen molar-refractivity contribution in [3.8, 4) is 0 Å². The number of aliphatic hydroxyl groups is 1. The van der Waals surface area contributed by atoms with Gasteiger partial charge in [-0.25, -0.2) is 4.57 Å². The molecule has 0 aromatic heterocycles. The summed E-state index contributed by atoms with van der Waals surface area (Å²) in [5, 5.41) is 9.78. The molecule has 0 fully saturated rings. The number of carbonyl (C=O) groups excluding carboxylic acids is 3. The molecule has 0 aliphatic heterocycles. The first-order chi connectivity index (χ1) is 35.2. The minimum absolute atomic E-state index is 0.113. The maximum atomic E-state index is 12.9. The van der Waals surface area contributed by atoms with Gasteiger partial charge in [-0.05, 0) is 103 Å². The molecule has 72 heavy (non-hydrogen) atoms. The fourth-order valence-corrected chi connectivity index (χ4v) is 8.46. The van der Waals surface area contributed by atoms with Crippen LogP contribution in [0.25, 0.3) is 0 Å². The summed E-state index contributed by atoms with van der Waals surface area (Å²) in [6.45, 7) is 4.43. The Morgan fingerprint density at radius 1 is 0.403 bits per heavy atom. The lowest BCUT2D eigenvalue weighted by molar-refractivity contribution is -0.161. The summed E-state index contributed by atoms with van der Waals surface area (Å²) in [7, 11) is -4.76. The Balaban J connectivity index is 4.76. The number of hydrogen-bond acceptors (Lipinski definition) is 10. The summed E-state index contributed by atoms with van der Waals surface area (Å²) < 4.78 is 39.4. The van der Waals surface area contributed by atoms with Crippen molar-refractivity contribution >= 4 is 25.7 Å². The highest BCUT2D eigenvalue weighted by Crippen LogP contribution is 2.43. The van der Waals surface area contributed by atoms with E-state index in [9.17, 15) is 28.9 Å². The number of phosphoric acid groups is 1. The zero-order chi connectivity index (χ0) is 52.7. The van der Waals surface area contributed by atoms with Crippen molar-refractivity contribution in [1.82, 2.24) is 0 Å². The molecule has 0 amide bonds. The fraction of sp³-hybridized carbons (Fsp3) is 0.750. The van der Waals surface area contributed by atoms with E-state index in [1.807, 2.05) is 0 Å². The van der Waals surface area contributed by atoms with Crippen LogP contribution in [0.1, 0.15) is 252 Å². The van der Waals surface area contributed by atoms with Crippen molar-refractivity contribution in [3.05, 3.63) is 72.9 Å². The van der Waals surface area contributed by atoms with Crippen molar-refractivity contribution in [3.63, 3.8) is 0 Å². The Hall–Kier alpha value is -3.08. The maximum absolute atomic E-state index is 12.9.